The zero-order valence-corrected chi connectivity index (χ0v) is 15.4. The smallest absolute Gasteiger partial charge is 0.319 e. The Morgan fingerprint density at radius 1 is 1.31 bits per heavy atom. The Morgan fingerprint density at radius 3 is 2.88 bits per heavy atom. The number of amides is 3. The molecule has 1 heterocycles. The lowest BCUT2D eigenvalue weighted by molar-refractivity contribution is 0.0932. The minimum absolute atomic E-state index is 0.0270. The van der Waals surface area contributed by atoms with Crippen molar-refractivity contribution in [1.29, 1.82) is 0 Å². The van der Waals surface area contributed by atoms with Crippen LogP contribution in [-0.2, 0) is 13.5 Å². The second-order valence-corrected chi connectivity index (χ2v) is 6.92. The molecular weight excluding hydrogens is 330 g/mol. The zero-order valence-electron chi connectivity index (χ0n) is 15.4. The number of nitrogens with one attached hydrogen (secondary N) is 3. The number of aromatic nitrogens is 2. The number of hydrogen-bond donors (Lipinski definition) is 3. The first-order valence-corrected chi connectivity index (χ1v) is 8.93. The van der Waals surface area contributed by atoms with Gasteiger partial charge < -0.3 is 16.0 Å². The van der Waals surface area contributed by atoms with Crippen LogP contribution in [-0.4, -0.2) is 27.8 Å². The second kappa shape index (κ2) is 7.59. The molecule has 7 nitrogen and oxygen atoms in total. The summed E-state index contributed by atoms with van der Waals surface area (Å²) < 4.78 is 1.88. The quantitative estimate of drug-likeness (QED) is 0.788. The monoisotopic (exact) mass is 355 g/mol. The van der Waals surface area contributed by atoms with Gasteiger partial charge in [-0.25, -0.2) is 4.79 Å². The van der Waals surface area contributed by atoms with Gasteiger partial charge in [-0.05, 0) is 51.3 Å². The Morgan fingerprint density at radius 2 is 2.12 bits per heavy atom. The number of urea groups is 1. The maximum atomic E-state index is 12.7. The molecule has 0 saturated heterocycles. The third kappa shape index (κ3) is 4.04. The number of rotatable bonds is 4. The van der Waals surface area contributed by atoms with Crippen LogP contribution in [0.5, 0.6) is 0 Å². The summed E-state index contributed by atoms with van der Waals surface area (Å²) in [6.07, 6.45) is 4.75. The fourth-order valence-corrected chi connectivity index (χ4v) is 3.27. The van der Waals surface area contributed by atoms with E-state index in [0.717, 1.165) is 24.8 Å². The maximum absolute atomic E-state index is 12.7. The highest BCUT2D eigenvalue weighted by atomic mass is 16.2. The fraction of sp³-hybridized carbons (Fsp3) is 0.421. The van der Waals surface area contributed by atoms with Crippen LogP contribution in [0, 0.1) is 0 Å². The van der Waals surface area contributed by atoms with E-state index in [1.165, 1.54) is 5.69 Å². The van der Waals surface area contributed by atoms with Crippen molar-refractivity contribution in [1.82, 2.24) is 20.4 Å². The molecule has 0 unspecified atom stereocenters. The van der Waals surface area contributed by atoms with Gasteiger partial charge in [-0.1, -0.05) is 6.07 Å². The molecule has 138 valence electrons. The zero-order chi connectivity index (χ0) is 18.7. The number of carbonyl (C=O) groups is 2. The van der Waals surface area contributed by atoms with Crippen LogP contribution in [0.2, 0.25) is 0 Å². The molecule has 1 aliphatic rings. The largest absolute Gasteiger partial charge is 0.345 e. The summed E-state index contributed by atoms with van der Waals surface area (Å²) in [4.78, 5) is 24.5. The average molecular weight is 355 g/mol. The minimum atomic E-state index is -0.287. The van der Waals surface area contributed by atoms with Crippen molar-refractivity contribution < 1.29 is 9.59 Å². The molecule has 0 bridgehead atoms. The van der Waals surface area contributed by atoms with E-state index in [0.29, 0.717) is 11.3 Å². The van der Waals surface area contributed by atoms with Crippen LogP contribution in [0.15, 0.2) is 30.5 Å². The van der Waals surface area contributed by atoms with Gasteiger partial charge in [0, 0.05) is 35.6 Å². The van der Waals surface area contributed by atoms with E-state index < -0.39 is 0 Å². The Bertz CT molecular complexity index is 812. The van der Waals surface area contributed by atoms with Crippen LogP contribution >= 0.6 is 0 Å². The number of benzene rings is 1. The molecule has 0 spiro atoms. The van der Waals surface area contributed by atoms with Crippen molar-refractivity contribution in [2.24, 2.45) is 7.05 Å². The third-order valence-electron chi connectivity index (χ3n) is 4.48. The summed E-state index contributed by atoms with van der Waals surface area (Å²) in [7, 11) is 1.93. The molecule has 0 radical (unpaired) electrons. The van der Waals surface area contributed by atoms with E-state index >= 15 is 0 Å². The van der Waals surface area contributed by atoms with E-state index in [-0.39, 0.29) is 24.0 Å². The topological polar surface area (TPSA) is 88.1 Å². The van der Waals surface area contributed by atoms with Gasteiger partial charge >= 0.3 is 6.03 Å². The van der Waals surface area contributed by atoms with Gasteiger partial charge in [0.25, 0.3) is 5.91 Å². The molecule has 3 N–H and O–H groups in total. The lowest BCUT2D eigenvalue weighted by atomic mass is 9.92. The van der Waals surface area contributed by atoms with Gasteiger partial charge in [-0.2, -0.15) is 5.10 Å². The van der Waals surface area contributed by atoms with E-state index in [4.69, 9.17) is 0 Å². The highest BCUT2D eigenvalue weighted by Crippen LogP contribution is 2.29. The summed E-state index contributed by atoms with van der Waals surface area (Å²) in [5.41, 5.74) is 3.38. The first-order chi connectivity index (χ1) is 12.4. The maximum Gasteiger partial charge on any atom is 0.319 e. The van der Waals surface area contributed by atoms with Crippen molar-refractivity contribution in [3.05, 3.63) is 47.3 Å². The van der Waals surface area contributed by atoms with Crippen LogP contribution in [0.25, 0.3) is 0 Å². The Balaban J connectivity index is 1.69. The lowest BCUT2D eigenvalue weighted by Crippen LogP contribution is -2.34. The van der Waals surface area contributed by atoms with Crippen molar-refractivity contribution in [3.63, 3.8) is 0 Å². The second-order valence-electron chi connectivity index (χ2n) is 6.92. The van der Waals surface area contributed by atoms with Crippen LogP contribution in [0.3, 0.4) is 0 Å². The van der Waals surface area contributed by atoms with Gasteiger partial charge in [0.2, 0.25) is 0 Å². The van der Waals surface area contributed by atoms with E-state index in [9.17, 15) is 9.59 Å². The number of carbonyl (C=O) groups excluding carboxylic acids is 2. The molecule has 7 heteroatoms. The summed E-state index contributed by atoms with van der Waals surface area (Å²) in [5, 5.41) is 12.9. The number of anilines is 1. The molecule has 3 rings (SSSR count). The van der Waals surface area contributed by atoms with Crippen molar-refractivity contribution in [2.45, 2.75) is 45.2 Å². The molecule has 1 aromatic carbocycles. The van der Waals surface area contributed by atoms with Crippen molar-refractivity contribution >= 4 is 17.6 Å². The predicted molar refractivity (Wildman–Crippen MR) is 100 cm³/mol. The normalized spacial score (nSPS) is 16.1. The number of nitrogens with zero attached hydrogens (tertiary/aromatic N) is 2. The van der Waals surface area contributed by atoms with E-state index in [1.807, 2.05) is 31.8 Å². The SMILES string of the molecule is CC(C)NC(=O)Nc1cccc(C(=O)N[C@@H]2CCCc3c2cnn3C)c1. The van der Waals surface area contributed by atoms with E-state index in [1.54, 1.807) is 24.3 Å². The average Bonchev–Trinajstić information content (AvgIpc) is 2.97. The Hall–Kier alpha value is -2.83. The van der Waals surface area contributed by atoms with Gasteiger partial charge in [0.05, 0.1) is 12.2 Å². The standard InChI is InChI=1S/C19H25N5O2/c1-12(2)21-19(26)22-14-7-4-6-13(10-14)18(25)23-16-8-5-9-17-15(16)11-20-24(17)3/h4,6-7,10-12,16H,5,8-9H2,1-3H3,(H,23,25)(H2,21,22,26)/t16-/m1/s1. The molecule has 26 heavy (non-hydrogen) atoms. The molecule has 3 amide bonds. The van der Waals surface area contributed by atoms with E-state index in [2.05, 4.69) is 21.0 Å². The van der Waals surface area contributed by atoms with Crippen molar-refractivity contribution in [2.75, 3.05) is 5.32 Å². The number of hydrogen-bond acceptors (Lipinski definition) is 3. The van der Waals surface area contributed by atoms with Crippen LogP contribution in [0.4, 0.5) is 10.5 Å². The molecule has 1 aliphatic carbocycles. The van der Waals surface area contributed by atoms with Crippen LogP contribution in [0.1, 0.15) is 54.3 Å². The molecule has 1 aromatic heterocycles. The Kier molecular flexibility index (Phi) is 5.25. The number of aryl methyl sites for hydroxylation is 1. The first kappa shape index (κ1) is 18.0. The summed E-state index contributed by atoms with van der Waals surface area (Å²) in [6, 6.07) is 6.68. The molecule has 0 aliphatic heterocycles. The third-order valence-corrected chi connectivity index (χ3v) is 4.48. The van der Waals surface area contributed by atoms with Gasteiger partial charge in [-0.15, -0.1) is 0 Å². The summed E-state index contributed by atoms with van der Waals surface area (Å²) >= 11 is 0. The molecular formula is C19H25N5O2. The van der Waals surface area contributed by atoms with Gasteiger partial charge in [0.15, 0.2) is 0 Å². The van der Waals surface area contributed by atoms with Gasteiger partial charge in [-0.3, -0.25) is 9.48 Å². The molecule has 0 saturated carbocycles. The first-order valence-electron chi connectivity index (χ1n) is 8.93. The molecule has 0 fully saturated rings. The molecule has 2 aromatic rings. The lowest BCUT2D eigenvalue weighted by Gasteiger charge is -2.24. The van der Waals surface area contributed by atoms with Crippen molar-refractivity contribution in [3.8, 4) is 0 Å². The number of fused-ring (bicyclic) bond motifs is 1. The summed E-state index contributed by atoms with van der Waals surface area (Å²) in [5.74, 6) is -0.153. The highest BCUT2D eigenvalue weighted by molar-refractivity contribution is 5.97. The minimum Gasteiger partial charge on any atom is -0.345 e. The van der Waals surface area contributed by atoms with Crippen LogP contribution < -0.4 is 16.0 Å². The summed E-state index contributed by atoms with van der Waals surface area (Å²) in [6.45, 7) is 3.78. The van der Waals surface area contributed by atoms with Gasteiger partial charge in [0.1, 0.15) is 0 Å². The fourth-order valence-electron chi connectivity index (χ4n) is 3.27. The predicted octanol–water partition coefficient (Wildman–Crippen LogP) is 2.76. The molecule has 1 atom stereocenters. The highest BCUT2D eigenvalue weighted by Gasteiger charge is 2.25. The Labute approximate surface area is 153 Å².